The first-order valence-corrected chi connectivity index (χ1v) is 8.14. The van der Waals surface area contributed by atoms with Gasteiger partial charge < -0.3 is 20.7 Å². The normalized spacial score (nSPS) is 16.4. The number of hydrogen-bond donors (Lipinski definition) is 2. The van der Waals surface area contributed by atoms with E-state index in [4.69, 9.17) is 10.5 Å². The predicted octanol–water partition coefficient (Wildman–Crippen LogP) is 0.798. The van der Waals surface area contributed by atoms with Gasteiger partial charge in [0.25, 0.3) is 0 Å². The molecule has 0 unspecified atom stereocenters. The molecule has 0 atom stereocenters. The second-order valence-electron chi connectivity index (χ2n) is 5.49. The maximum absolute atomic E-state index is 11.6. The Hall–Kier alpha value is -2.25. The average molecular weight is 322 g/mol. The van der Waals surface area contributed by atoms with Crippen LogP contribution in [0.2, 0.25) is 0 Å². The van der Waals surface area contributed by atoms with Gasteiger partial charge >= 0.3 is 6.09 Å². The van der Waals surface area contributed by atoms with Crippen LogP contribution < -0.4 is 11.1 Å². The first kappa shape index (κ1) is 17.1. The number of carbonyl (C=O) groups excluding carboxylic acids is 1. The number of hydrogen-bond acceptors (Lipinski definition) is 4. The Morgan fingerprint density at radius 3 is 2.91 bits per heavy atom. The number of likely N-dealkylation sites (tertiary alicyclic amines) is 1. The molecule has 0 spiro atoms. The summed E-state index contributed by atoms with van der Waals surface area (Å²) in [5.41, 5.74) is 5.92. The lowest BCUT2D eigenvalue weighted by Crippen LogP contribution is -2.48. The average Bonchev–Trinajstić information content (AvgIpc) is 3.06. The molecule has 2 heterocycles. The Bertz CT molecular complexity index is 494. The summed E-state index contributed by atoms with van der Waals surface area (Å²) in [6.45, 7) is 5.10. The lowest BCUT2D eigenvalue weighted by Gasteiger charge is -2.31. The van der Waals surface area contributed by atoms with E-state index in [1.54, 1.807) is 11.1 Å². The standard InChI is InChI=1S/C15H26N6O2/c1-2-23-15(22)20-11-5-13(6-12-20)19-14(16)17-7-3-9-21-10-4-8-18-21/h4,8,10,13H,2-3,5-7,9,11-12H2,1H3,(H3,16,17,19). The Morgan fingerprint density at radius 1 is 1.48 bits per heavy atom. The summed E-state index contributed by atoms with van der Waals surface area (Å²) in [7, 11) is 0. The molecule has 23 heavy (non-hydrogen) atoms. The molecule has 3 N–H and O–H groups in total. The highest BCUT2D eigenvalue weighted by molar-refractivity contribution is 5.78. The molecule has 1 aromatic rings. The topological polar surface area (TPSA) is 97.8 Å². The minimum absolute atomic E-state index is 0.230. The summed E-state index contributed by atoms with van der Waals surface area (Å²) in [6.07, 6.45) is 6.06. The minimum Gasteiger partial charge on any atom is -0.450 e. The number of amides is 1. The van der Waals surface area contributed by atoms with Gasteiger partial charge in [-0.05, 0) is 32.3 Å². The summed E-state index contributed by atoms with van der Waals surface area (Å²) in [6, 6.07) is 2.16. The van der Waals surface area contributed by atoms with Crippen LogP contribution in [0.1, 0.15) is 26.2 Å². The van der Waals surface area contributed by atoms with Crippen LogP contribution in [0, 0.1) is 0 Å². The van der Waals surface area contributed by atoms with Crippen LogP contribution in [0.25, 0.3) is 0 Å². The second-order valence-corrected chi connectivity index (χ2v) is 5.49. The number of nitrogens with zero attached hydrogens (tertiary/aromatic N) is 4. The number of aryl methyl sites for hydroxylation is 1. The number of nitrogens with one attached hydrogen (secondary N) is 1. The van der Waals surface area contributed by atoms with Crippen molar-refractivity contribution in [1.29, 1.82) is 0 Å². The number of carbonyl (C=O) groups is 1. The van der Waals surface area contributed by atoms with Gasteiger partial charge in [-0.3, -0.25) is 9.67 Å². The van der Waals surface area contributed by atoms with E-state index in [9.17, 15) is 4.79 Å². The van der Waals surface area contributed by atoms with E-state index >= 15 is 0 Å². The van der Waals surface area contributed by atoms with E-state index in [0.717, 1.165) is 25.8 Å². The lowest BCUT2D eigenvalue weighted by molar-refractivity contribution is 0.0963. The van der Waals surface area contributed by atoms with Crippen LogP contribution in [0.4, 0.5) is 4.79 Å². The molecule has 0 saturated carbocycles. The number of ether oxygens (including phenoxy) is 1. The zero-order valence-corrected chi connectivity index (χ0v) is 13.6. The van der Waals surface area contributed by atoms with Crippen LogP contribution >= 0.6 is 0 Å². The number of aromatic nitrogens is 2. The first-order valence-electron chi connectivity index (χ1n) is 8.14. The van der Waals surface area contributed by atoms with Crippen molar-refractivity contribution in [2.75, 3.05) is 26.2 Å². The third-order valence-electron chi connectivity index (χ3n) is 3.76. The molecule has 8 heteroatoms. The Kier molecular flexibility index (Phi) is 6.71. The molecule has 1 amide bonds. The van der Waals surface area contributed by atoms with Gasteiger partial charge in [0.05, 0.1) is 6.61 Å². The number of rotatable bonds is 6. The predicted molar refractivity (Wildman–Crippen MR) is 88.1 cm³/mol. The van der Waals surface area contributed by atoms with Crippen LogP contribution in [-0.2, 0) is 11.3 Å². The highest BCUT2D eigenvalue weighted by atomic mass is 16.6. The van der Waals surface area contributed by atoms with Gasteiger partial charge in [0, 0.05) is 44.6 Å². The molecular weight excluding hydrogens is 296 g/mol. The quantitative estimate of drug-likeness (QED) is 0.458. The number of guanidine groups is 1. The fourth-order valence-electron chi connectivity index (χ4n) is 2.54. The third kappa shape index (κ3) is 5.80. The molecule has 0 aliphatic carbocycles. The second kappa shape index (κ2) is 9.02. The zero-order chi connectivity index (χ0) is 16.5. The lowest BCUT2D eigenvalue weighted by atomic mass is 10.1. The minimum atomic E-state index is -0.230. The summed E-state index contributed by atoms with van der Waals surface area (Å²) < 4.78 is 6.88. The molecular formula is C15H26N6O2. The highest BCUT2D eigenvalue weighted by Crippen LogP contribution is 2.11. The fourth-order valence-corrected chi connectivity index (χ4v) is 2.54. The first-order chi connectivity index (χ1) is 11.2. The number of nitrogens with two attached hydrogens (primary N) is 1. The van der Waals surface area contributed by atoms with Gasteiger partial charge in [-0.2, -0.15) is 5.10 Å². The third-order valence-corrected chi connectivity index (χ3v) is 3.76. The molecule has 8 nitrogen and oxygen atoms in total. The molecule has 1 saturated heterocycles. The van der Waals surface area contributed by atoms with Gasteiger partial charge in [0.15, 0.2) is 5.96 Å². The van der Waals surface area contributed by atoms with Crippen LogP contribution in [-0.4, -0.2) is 59.0 Å². The van der Waals surface area contributed by atoms with Crippen molar-refractivity contribution in [1.82, 2.24) is 20.0 Å². The maximum atomic E-state index is 11.6. The summed E-state index contributed by atoms with van der Waals surface area (Å²) in [4.78, 5) is 17.7. The van der Waals surface area contributed by atoms with Crippen molar-refractivity contribution in [2.45, 2.75) is 38.8 Å². The van der Waals surface area contributed by atoms with Crippen LogP contribution in [0.15, 0.2) is 23.5 Å². The molecule has 0 bridgehead atoms. The summed E-state index contributed by atoms with van der Waals surface area (Å²) in [5, 5.41) is 7.37. The molecule has 1 fully saturated rings. The van der Waals surface area contributed by atoms with Gasteiger partial charge in [-0.15, -0.1) is 0 Å². The molecule has 1 aliphatic rings. The van der Waals surface area contributed by atoms with E-state index in [-0.39, 0.29) is 12.1 Å². The molecule has 2 rings (SSSR count). The Morgan fingerprint density at radius 2 is 2.26 bits per heavy atom. The van der Waals surface area contributed by atoms with Gasteiger partial charge in [0.1, 0.15) is 0 Å². The van der Waals surface area contributed by atoms with E-state index in [0.29, 0.717) is 32.2 Å². The van der Waals surface area contributed by atoms with Crippen molar-refractivity contribution in [2.24, 2.45) is 10.7 Å². The largest absolute Gasteiger partial charge is 0.450 e. The van der Waals surface area contributed by atoms with Gasteiger partial charge in [-0.25, -0.2) is 4.79 Å². The van der Waals surface area contributed by atoms with E-state index < -0.39 is 0 Å². The van der Waals surface area contributed by atoms with Crippen molar-refractivity contribution < 1.29 is 9.53 Å². The molecule has 0 aromatic carbocycles. The van der Waals surface area contributed by atoms with Gasteiger partial charge in [-0.1, -0.05) is 0 Å². The smallest absolute Gasteiger partial charge is 0.409 e. The highest BCUT2D eigenvalue weighted by Gasteiger charge is 2.23. The number of aliphatic imine (C=N–C) groups is 1. The number of piperidine rings is 1. The zero-order valence-electron chi connectivity index (χ0n) is 13.6. The van der Waals surface area contributed by atoms with E-state index in [2.05, 4.69) is 15.4 Å². The van der Waals surface area contributed by atoms with Crippen molar-refractivity contribution in [3.05, 3.63) is 18.5 Å². The van der Waals surface area contributed by atoms with Crippen molar-refractivity contribution in [3.8, 4) is 0 Å². The van der Waals surface area contributed by atoms with E-state index in [1.165, 1.54) is 0 Å². The molecule has 1 aliphatic heterocycles. The van der Waals surface area contributed by atoms with Crippen molar-refractivity contribution >= 4 is 12.1 Å². The van der Waals surface area contributed by atoms with Gasteiger partial charge in [0.2, 0.25) is 0 Å². The SMILES string of the molecule is CCOC(=O)N1CCC(NC(N)=NCCCn2cccn2)CC1. The molecule has 1 aromatic heterocycles. The van der Waals surface area contributed by atoms with E-state index in [1.807, 2.05) is 23.9 Å². The molecule has 128 valence electrons. The fraction of sp³-hybridized carbons (Fsp3) is 0.667. The maximum Gasteiger partial charge on any atom is 0.409 e. The monoisotopic (exact) mass is 322 g/mol. The summed E-state index contributed by atoms with van der Waals surface area (Å²) in [5.74, 6) is 0.472. The summed E-state index contributed by atoms with van der Waals surface area (Å²) >= 11 is 0. The Balaban J connectivity index is 1.63. The van der Waals surface area contributed by atoms with Crippen LogP contribution in [0.5, 0.6) is 0 Å². The van der Waals surface area contributed by atoms with Crippen molar-refractivity contribution in [3.63, 3.8) is 0 Å². The molecule has 0 radical (unpaired) electrons. The Labute approximate surface area is 136 Å². The van der Waals surface area contributed by atoms with Crippen LogP contribution in [0.3, 0.4) is 0 Å².